The van der Waals surface area contributed by atoms with E-state index in [1.165, 1.54) is 0 Å². The zero-order valence-corrected chi connectivity index (χ0v) is 8.86. The molecular weight excluding hydrogens is 180 g/mol. The lowest BCUT2D eigenvalue weighted by molar-refractivity contribution is -0.132. The average Bonchev–Trinajstić information content (AvgIpc) is 2.16. The molecule has 0 amide bonds. The van der Waals surface area contributed by atoms with Gasteiger partial charge in [-0.15, -0.1) is 0 Å². The number of piperazine rings is 1. The molecule has 14 heavy (non-hydrogen) atoms. The van der Waals surface area contributed by atoms with Gasteiger partial charge in [-0.3, -0.25) is 4.90 Å². The van der Waals surface area contributed by atoms with Gasteiger partial charge in [0.2, 0.25) is 0 Å². The van der Waals surface area contributed by atoms with Crippen molar-refractivity contribution in [3.8, 4) is 0 Å². The van der Waals surface area contributed by atoms with Crippen molar-refractivity contribution >= 4 is 5.97 Å². The van der Waals surface area contributed by atoms with Crippen LogP contribution < -0.4 is 0 Å². The zero-order chi connectivity index (χ0) is 10.6. The predicted octanol–water partition coefficient (Wildman–Crippen LogP) is 0.265. The molecule has 1 saturated heterocycles. The molecule has 0 spiro atoms. The van der Waals surface area contributed by atoms with Crippen molar-refractivity contribution in [2.24, 2.45) is 0 Å². The third kappa shape index (κ3) is 3.47. The number of hydrogen-bond acceptors (Lipinski definition) is 3. The van der Waals surface area contributed by atoms with Crippen LogP contribution in [0.25, 0.3) is 0 Å². The third-order valence-corrected chi connectivity index (χ3v) is 2.59. The Labute approximate surface area is 84.8 Å². The molecule has 0 aromatic heterocycles. The fourth-order valence-corrected chi connectivity index (χ4v) is 1.38. The molecule has 0 atom stereocenters. The van der Waals surface area contributed by atoms with Gasteiger partial charge in [0, 0.05) is 38.3 Å². The first-order valence-corrected chi connectivity index (χ1v) is 4.90. The predicted molar refractivity (Wildman–Crippen MR) is 55.3 cm³/mol. The minimum Gasteiger partial charge on any atom is -0.478 e. The summed E-state index contributed by atoms with van der Waals surface area (Å²) in [6, 6.07) is 0. The van der Waals surface area contributed by atoms with Gasteiger partial charge in [0.15, 0.2) is 0 Å². The molecule has 4 heteroatoms. The number of hydrogen-bond donors (Lipinski definition) is 1. The number of likely N-dealkylation sites (N-methyl/N-ethyl adjacent to an activating group) is 1. The summed E-state index contributed by atoms with van der Waals surface area (Å²) in [6.45, 7) is 6.59. The van der Waals surface area contributed by atoms with Crippen LogP contribution in [0.3, 0.4) is 0 Å². The van der Waals surface area contributed by atoms with Crippen LogP contribution in [-0.4, -0.2) is 60.6 Å². The maximum atomic E-state index is 10.5. The third-order valence-electron chi connectivity index (χ3n) is 2.59. The Kier molecular flexibility index (Phi) is 4.10. The molecule has 0 bridgehead atoms. The molecule has 0 aliphatic carbocycles. The Morgan fingerprint density at radius 3 is 2.43 bits per heavy atom. The Hall–Kier alpha value is -0.870. The van der Waals surface area contributed by atoms with Crippen molar-refractivity contribution in [2.45, 2.75) is 6.92 Å². The molecule has 1 fully saturated rings. The van der Waals surface area contributed by atoms with Crippen molar-refractivity contribution in [2.75, 3.05) is 39.8 Å². The van der Waals surface area contributed by atoms with Gasteiger partial charge >= 0.3 is 5.97 Å². The van der Waals surface area contributed by atoms with Crippen molar-refractivity contribution < 1.29 is 9.90 Å². The Morgan fingerprint density at radius 2 is 1.93 bits per heavy atom. The number of aliphatic carboxylic acids is 1. The molecule has 0 saturated carbocycles. The molecule has 0 aromatic carbocycles. The van der Waals surface area contributed by atoms with Crippen LogP contribution in [0.5, 0.6) is 0 Å². The highest BCUT2D eigenvalue weighted by Crippen LogP contribution is 2.00. The van der Waals surface area contributed by atoms with Gasteiger partial charge in [0.25, 0.3) is 0 Å². The SMILES string of the molecule is CC(=CCN1CCN(C)CC1)C(=O)O. The van der Waals surface area contributed by atoms with Gasteiger partial charge in [-0.25, -0.2) is 4.79 Å². The van der Waals surface area contributed by atoms with E-state index in [4.69, 9.17) is 5.11 Å². The Balaban J connectivity index is 2.32. The summed E-state index contributed by atoms with van der Waals surface area (Å²) in [4.78, 5) is 15.1. The maximum absolute atomic E-state index is 10.5. The fourth-order valence-electron chi connectivity index (χ4n) is 1.38. The highest BCUT2D eigenvalue weighted by atomic mass is 16.4. The molecular formula is C10H18N2O2. The van der Waals surface area contributed by atoms with Crippen molar-refractivity contribution in [3.05, 3.63) is 11.6 Å². The molecule has 1 aliphatic rings. The molecule has 4 nitrogen and oxygen atoms in total. The van der Waals surface area contributed by atoms with E-state index in [1.807, 2.05) is 0 Å². The summed E-state index contributed by atoms with van der Waals surface area (Å²) < 4.78 is 0. The molecule has 1 rings (SSSR count). The minimum absolute atomic E-state index is 0.434. The van der Waals surface area contributed by atoms with Crippen LogP contribution in [-0.2, 0) is 4.79 Å². The van der Waals surface area contributed by atoms with Crippen LogP contribution in [0.4, 0.5) is 0 Å². The van der Waals surface area contributed by atoms with E-state index in [0.29, 0.717) is 5.57 Å². The van der Waals surface area contributed by atoms with E-state index in [0.717, 1.165) is 32.7 Å². The Morgan fingerprint density at radius 1 is 1.36 bits per heavy atom. The lowest BCUT2D eigenvalue weighted by atomic mass is 10.2. The second-order valence-electron chi connectivity index (χ2n) is 3.80. The lowest BCUT2D eigenvalue weighted by Crippen LogP contribution is -2.44. The highest BCUT2D eigenvalue weighted by Gasteiger charge is 2.12. The van der Waals surface area contributed by atoms with Crippen molar-refractivity contribution in [3.63, 3.8) is 0 Å². The van der Waals surface area contributed by atoms with Crippen LogP contribution in [0.2, 0.25) is 0 Å². The molecule has 0 aromatic rings. The van der Waals surface area contributed by atoms with Crippen LogP contribution in [0.15, 0.2) is 11.6 Å². The maximum Gasteiger partial charge on any atom is 0.330 e. The standard InChI is InChI=1S/C10H18N2O2/c1-9(10(13)14)3-4-12-7-5-11(2)6-8-12/h3H,4-8H2,1-2H3,(H,13,14). The van der Waals surface area contributed by atoms with E-state index >= 15 is 0 Å². The second kappa shape index (κ2) is 5.12. The molecule has 1 aliphatic heterocycles. The number of nitrogens with zero attached hydrogens (tertiary/aromatic N) is 2. The van der Waals surface area contributed by atoms with Crippen LogP contribution in [0, 0.1) is 0 Å². The number of carbonyl (C=O) groups is 1. The van der Waals surface area contributed by atoms with Crippen molar-refractivity contribution in [1.29, 1.82) is 0 Å². The van der Waals surface area contributed by atoms with Gasteiger partial charge in [0.1, 0.15) is 0 Å². The Bertz CT molecular complexity index is 230. The van der Waals surface area contributed by atoms with E-state index in [1.54, 1.807) is 13.0 Å². The number of rotatable bonds is 3. The van der Waals surface area contributed by atoms with Gasteiger partial charge in [0.05, 0.1) is 0 Å². The quantitative estimate of drug-likeness (QED) is 0.661. The van der Waals surface area contributed by atoms with E-state index in [-0.39, 0.29) is 0 Å². The first kappa shape index (κ1) is 11.2. The topological polar surface area (TPSA) is 43.8 Å². The van der Waals surface area contributed by atoms with E-state index in [2.05, 4.69) is 16.8 Å². The van der Waals surface area contributed by atoms with Gasteiger partial charge in [-0.05, 0) is 14.0 Å². The van der Waals surface area contributed by atoms with E-state index in [9.17, 15) is 4.79 Å². The summed E-state index contributed by atoms with van der Waals surface area (Å²) in [5.41, 5.74) is 0.434. The van der Waals surface area contributed by atoms with Gasteiger partial charge < -0.3 is 10.0 Å². The van der Waals surface area contributed by atoms with E-state index < -0.39 is 5.97 Å². The summed E-state index contributed by atoms with van der Waals surface area (Å²) >= 11 is 0. The molecule has 1 N–H and O–H groups in total. The lowest BCUT2D eigenvalue weighted by Gasteiger charge is -2.31. The average molecular weight is 198 g/mol. The molecule has 0 radical (unpaired) electrons. The van der Waals surface area contributed by atoms with Gasteiger partial charge in [-0.1, -0.05) is 6.08 Å². The summed E-state index contributed by atoms with van der Waals surface area (Å²) in [6.07, 6.45) is 1.79. The molecule has 1 heterocycles. The smallest absolute Gasteiger partial charge is 0.330 e. The number of carboxylic acids is 1. The first-order valence-electron chi connectivity index (χ1n) is 4.90. The fraction of sp³-hybridized carbons (Fsp3) is 0.700. The summed E-state index contributed by atoms with van der Waals surface area (Å²) in [5, 5.41) is 8.66. The van der Waals surface area contributed by atoms with Gasteiger partial charge in [-0.2, -0.15) is 0 Å². The van der Waals surface area contributed by atoms with Crippen molar-refractivity contribution in [1.82, 2.24) is 9.80 Å². The molecule has 0 unspecified atom stereocenters. The first-order chi connectivity index (χ1) is 6.59. The molecule has 80 valence electrons. The van der Waals surface area contributed by atoms with Crippen LogP contribution >= 0.6 is 0 Å². The van der Waals surface area contributed by atoms with Crippen LogP contribution in [0.1, 0.15) is 6.92 Å². The number of carboxylic acid groups (broad SMARTS) is 1. The highest BCUT2D eigenvalue weighted by molar-refractivity contribution is 5.85. The normalized spacial score (nSPS) is 21.1. The summed E-state index contributed by atoms with van der Waals surface area (Å²) in [5.74, 6) is -0.820. The zero-order valence-electron chi connectivity index (χ0n) is 8.86. The minimum atomic E-state index is -0.820. The summed E-state index contributed by atoms with van der Waals surface area (Å²) in [7, 11) is 2.11. The second-order valence-corrected chi connectivity index (χ2v) is 3.80. The largest absolute Gasteiger partial charge is 0.478 e. The monoisotopic (exact) mass is 198 g/mol.